The van der Waals surface area contributed by atoms with Crippen LogP contribution in [-0.2, 0) is 0 Å². The zero-order valence-corrected chi connectivity index (χ0v) is 8.57. The molecule has 1 aromatic carbocycles. The predicted molar refractivity (Wildman–Crippen MR) is 59.0 cm³/mol. The van der Waals surface area contributed by atoms with Gasteiger partial charge < -0.3 is 10.6 Å². The Morgan fingerprint density at radius 3 is 2.40 bits per heavy atom. The Morgan fingerprint density at radius 2 is 1.87 bits per heavy atom. The summed E-state index contributed by atoms with van der Waals surface area (Å²) < 4.78 is 0. The highest BCUT2D eigenvalue weighted by Gasteiger charge is 2.08. The molecule has 0 aliphatic carbocycles. The van der Waals surface area contributed by atoms with E-state index in [1.807, 2.05) is 31.2 Å². The van der Waals surface area contributed by atoms with Gasteiger partial charge in [0, 0.05) is 0 Å². The van der Waals surface area contributed by atoms with Crippen LogP contribution in [0.5, 0.6) is 0 Å². The van der Waals surface area contributed by atoms with Gasteiger partial charge in [-0.3, -0.25) is 0 Å². The molecule has 0 unspecified atom stereocenters. The summed E-state index contributed by atoms with van der Waals surface area (Å²) in [7, 11) is 0. The van der Waals surface area contributed by atoms with Gasteiger partial charge in [0.2, 0.25) is 0 Å². The van der Waals surface area contributed by atoms with E-state index in [0.717, 1.165) is 11.3 Å². The van der Waals surface area contributed by atoms with Crippen molar-refractivity contribution in [1.82, 2.24) is 0 Å². The number of benzene rings is 1. The Hall–Kier alpha value is -2.20. The first-order valence-electron chi connectivity index (χ1n) is 4.54. The van der Waals surface area contributed by atoms with E-state index in [9.17, 15) is 0 Å². The largest absolute Gasteiger partial charge is 0.397 e. The quantitative estimate of drug-likeness (QED) is 0.591. The second-order valence-corrected chi connectivity index (χ2v) is 3.23. The van der Waals surface area contributed by atoms with Crippen LogP contribution in [0.2, 0.25) is 0 Å². The van der Waals surface area contributed by atoms with E-state index in [-0.39, 0.29) is 13.1 Å². The molecule has 0 amide bonds. The molecular formula is C11H12N4. The highest BCUT2D eigenvalue weighted by Crippen LogP contribution is 2.23. The first kappa shape index (κ1) is 10.9. The second kappa shape index (κ2) is 4.88. The molecule has 0 saturated heterocycles. The van der Waals surface area contributed by atoms with E-state index in [4.69, 9.17) is 16.3 Å². The minimum atomic E-state index is 0.168. The van der Waals surface area contributed by atoms with Crippen molar-refractivity contribution < 1.29 is 0 Å². The van der Waals surface area contributed by atoms with Gasteiger partial charge in [0.05, 0.1) is 23.5 Å². The third-order valence-electron chi connectivity index (χ3n) is 2.05. The minimum Gasteiger partial charge on any atom is -0.397 e. The van der Waals surface area contributed by atoms with E-state index in [2.05, 4.69) is 0 Å². The van der Waals surface area contributed by atoms with Gasteiger partial charge in [0.15, 0.2) is 0 Å². The molecular weight excluding hydrogens is 188 g/mol. The number of nitrogen functional groups attached to an aromatic ring is 1. The van der Waals surface area contributed by atoms with Crippen molar-refractivity contribution in [3.63, 3.8) is 0 Å². The molecule has 4 heteroatoms. The summed E-state index contributed by atoms with van der Waals surface area (Å²) in [5.74, 6) is 0. The maximum absolute atomic E-state index is 8.64. The first-order valence-corrected chi connectivity index (χ1v) is 4.54. The first-order chi connectivity index (χ1) is 7.19. The van der Waals surface area contributed by atoms with Crippen LogP contribution in [0.4, 0.5) is 11.4 Å². The van der Waals surface area contributed by atoms with Crippen molar-refractivity contribution in [1.29, 1.82) is 10.5 Å². The predicted octanol–water partition coefficient (Wildman–Crippen LogP) is 1.43. The lowest BCUT2D eigenvalue weighted by Crippen LogP contribution is -2.24. The second-order valence-electron chi connectivity index (χ2n) is 3.23. The normalized spacial score (nSPS) is 9.00. The topological polar surface area (TPSA) is 76.8 Å². The number of aryl methyl sites for hydroxylation is 1. The number of hydrogen-bond donors (Lipinski definition) is 1. The van der Waals surface area contributed by atoms with E-state index in [0.29, 0.717) is 5.69 Å². The molecule has 2 N–H and O–H groups in total. The van der Waals surface area contributed by atoms with Crippen LogP contribution < -0.4 is 10.6 Å². The van der Waals surface area contributed by atoms with Crippen molar-refractivity contribution in [2.24, 2.45) is 0 Å². The summed E-state index contributed by atoms with van der Waals surface area (Å²) in [6.45, 7) is 2.28. The van der Waals surface area contributed by atoms with E-state index < -0.39 is 0 Å². The third-order valence-corrected chi connectivity index (χ3v) is 2.05. The van der Waals surface area contributed by atoms with Gasteiger partial charge in [-0.2, -0.15) is 10.5 Å². The fourth-order valence-electron chi connectivity index (χ4n) is 1.32. The zero-order valence-electron chi connectivity index (χ0n) is 8.57. The Morgan fingerprint density at radius 1 is 1.27 bits per heavy atom. The van der Waals surface area contributed by atoms with Crippen LogP contribution in [0.25, 0.3) is 0 Å². The van der Waals surface area contributed by atoms with Gasteiger partial charge in [-0.15, -0.1) is 0 Å². The lowest BCUT2D eigenvalue weighted by Gasteiger charge is -2.20. The van der Waals surface area contributed by atoms with Crippen LogP contribution in [0.15, 0.2) is 18.2 Å². The number of nitrogens with zero attached hydrogens (tertiary/aromatic N) is 3. The molecule has 15 heavy (non-hydrogen) atoms. The van der Waals surface area contributed by atoms with Crippen molar-refractivity contribution in [2.45, 2.75) is 6.92 Å². The fourth-order valence-corrected chi connectivity index (χ4v) is 1.32. The maximum atomic E-state index is 8.64. The summed E-state index contributed by atoms with van der Waals surface area (Å²) in [6.07, 6.45) is 0. The number of nitriles is 2. The Balaban J connectivity index is 3.06. The average molecular weight is 200 g/mol. The lowest BCUT2D eigenvalue weighted by molar-refractivity contribution is 0.967. The molecule has 0 fully saturated rings. The molecule has 0 aromatic heterocycles. The van der Waals surface area contributed by atoms with E-state index in [1.165, 1.54) is 0 Å². The van der Waals surface area contributed by atoms with Gasteiger partial charge >= 0.3 is 0 Å². The summed E-state index contributed by atoms with van der Waals surface area (Å²) in [5, 5.41) is 17.3. The van der Waals surface area contributed by atoms with E-state index >= 15 is 0 Å². The number of hydrogen-bond acceptors (Lipinski definition) is 4. The van der Waals surface area contributed by atoms with Gasteiger partial charge in [-0.25, -0.2) is 0 Å². The SMILES string of the molecule is Cc1ccc(N)c(N(CC#N)CC#N)c1. The van der Waals surface area contributed by atoms with Gasteiger partial charge in [-0.1, -0.05) is 6.07 Å². The van der Waals surface area contributed by atoms with Crippen LogP contribution in [0, 0.1) is 29.6 Å². The lowest BCUT2D eigenvalue weighted by atomic mass is 10.2. The molecule has 1 aromatic rings. The van der Waals surface area contributed by atoms with Gasteiger partial charge in [-0.05, 0) is 24.6 Å². The molecule has 76 valence electrons. The average Bonchev–Trinajstić information content (AvgIpc) is 2.21. The summed E-state index contributed by atoms with van der Waals surface area (Å²) in [5.41, 5.74) is 8.18. The highest BCUT2D eigenvalue weighted by atomic mass is 15.1. The molecule has 0 radical (unpaired) electrons. The highest BCUT2D eigenvalue weighted by molar-refractivity contribution is 5.69. The van der Waals surface area contributed by atoms with Gasteiger partial charge in [0.1, 0.15) is 13.1 Å². The van der Waals surface area contributed by atoms with Crippen molar-refractivity contribution >= 4 is 11.4 Å². The molecule has 0 atom stereocenters. The summed E-state index contributed by atoms with van der Waals surface area (Å²) >= 11 is 0. The molecule has 0 bridgehead atoms. The smallest absolute Gasteiger partial charge is 0.107 e. The molecule has 4 nitrogen and oxygen atoms in total. The molecule has 0 aliphatic heterocycles. The molecule has 1 rings (SSSR count). The number of rotatable bonds is 3. The fraction of sp³-hybridized carbons (Fsp3) is 0.273. The van der Waals surface area contributed by atoms with Gasteiger partial charge in [0.25, 0.3) is 0 Å². The molecule has 0 saturated carbocycles. The Kier molecular flexibility index (Phi) is 3.54. The monoisotopic (exact) mass is 200 g/mol. The third kappa shape index (κ3) is 2.62. The molecule has 0 spiro atoms. The van der Waals surface area contributed by atoms with Crippen molar-refractivity contribution in [3.8, 4) is 12.1 Å². The Labute approximate surface area is 89.1 Å². The minimum absolute atomic E-state index is 0.168. The van der Waals surface area contributed by atoms with Crippen LogP contribution in [-0.4, -0.2) is 13.1 Å². The Bertz CT molecular complexity index is 409. The maximum Gasteiger partial charge on any atom is 0.107 e. The van der Waals surface area contributed by atoms with Crippen LogP contribution >= 0.6 is 0 Å². The van der Waals surface area contributed by atoms with Crippen molar-refractivity contribution in [3.05, 3.63) is 23.8 Å². The van der Waals surface area contributed by atoms with Crippen LogP contribution in [0.3, 0.4) is 0 Å². The number of anilines is 2. The zero-order chi connectivity index (χ0) is 11.3. The van der Waals surface area contributed by atoms with Crippen LogP contribution in [0.1, 0.15) is 5.56 Å². The summed E-state index contributed by atoms with van der Waals surface area (Å²) in [6, 6.07) is 9.60. The molecule has 0 aliphatic rings. The van der Waals surface area contributed by atoms with E-state index in [1.54, 1.807) is 11.0 Å². The summed E-state index contributed by atoms with van der Waals surface area (Å²) in [4.78, 5) is 1.66. The standard InChI is InChI=1S/C11H12N4/c1-9-2-3-10(14)11(8-9)15(6-4-12)7-5-13/h2-3,8H,6-7,14H2,1H3. The number of nitrogens with two attached hydrogens (primary N) is 1. The molecule has 0 heterocycles. The van der Waals surface area contributed by atoms with Crippen molar-refractivity contribution in [2.75, 3.05) is 23.7 Å².